The fraction of sp³-hybridized carbons (Fsp3) is 0.440. The fourth-order valence-corrected chi connectivity index (χ4v) is 15.1. The maximum Gasteiger partial charge on any atom is 0.162 e. The maximum atomic E-state index is 12.4. The van der Waals surface area contributed by atoms with Crippen LogP contribution >= 0.6 is 0 Å². The molecule has 8 atom stereocenters. The van der Waals surface area contributed by atoms with Crippen LogP contribution in [0.5, 0.6) is 28.7 Å². The van der Waals surface area contributed by atoms with Crippen molar-refractivity contribution < 1.29 is 49.6 Å². The number of benzene rings is 6. The molecule has 4 heterocycles. The van der Waals surface area contributed by atoms with Gasteiger partial charge >= 0.3 is 0 Å². The number of aromatic amines is 1. The first-order valence-electron chi connectivity index (χ1n) is 32.6. The van der Waals surface area contributed by atoms with Crippen LogP contribution in [0.4, 0.5) is 0 Å². The highest BCUT2D eigenvalue weighted by Crippen LogP contribution is 2.62. The van der Waals surface area contributed by atoms with Crippen molar-refractivity contribution in [2.24, 2.45) is 5.92 Å². The molecule has 8 unspecified atom stereocenters. The van der Waals surface area contributed by atoms with E-state index in [1.54, 1.807) is 0 Å². The minimum absolute atomic E-state index is 0.0324. The second kappa shape index (κ2) is 27.7. The number of hydrogen-bond acceptors (Lipinski definition) is 14. The molecule has 3 aliphatic heterocycles. The summed E-state index contributed by atoms with van der Waals surface area (Å²) in [6.07, 6.45) is 8.91. The Morgan fingerprint density at radius 2 is 1.60 bits per heavy atom. The Kier molecular flexibility index (Phi) is 19.4. The molecule has 0 saturated heterocycles. The maximum absolute atomic E-state index is 12.4. The molecular weight excluding hydrogens is 1130 g/mol. The summed E-state index contributed by atoms with van der Waals surface area (Å²) in [5.74, 6) is 8.75. The van der Waals surface area contributed by atoms with Crippen molar-refractivity contribution in [3.63, 3.8) is 0 Å². The zero-order chi connectivity index (χ0) is 62.5. The Labute approximate surface area is 529 Å². The van der Waals surface area contributed by atoms with E-state index in [9.17, 15) is 30.6 Å². The Morgan fingerprint density at radius 1 is 0.800 bits per heavy atom. The van der Waals surface area contributed by atoms with Crippen LogP contribution in [0.1, 0.15) is 132 Å². The second-order valence-corrected chi connectivity index (χ2v) is 26.2. The zero-order valence-corrected chi connectivity index (χ0v) is 52.5. The van der Waals surface area contributed by atoms with Crippen molar-refractivity contribution in [1.29, 1.82) is 0 Å². The van der Waals surface area contributed by atoms with Gasteiger partial charge in [0.05, 0.1) is 25.5 Å². The van der Waals surface area contributed by atoms with Crippen molar-refractivity contribution >= 4 is 17.0 Å². The summed E-state index contributed by atoms with van der Waals surface area (Å²) >= 11 is 0. The number of fused-ring (bicyclic) bond motifs is 12. The number of aromatic nitrogens is 1. The molecule has 7 aromatic rings. The van der Waals surface area contributed by atoms with E-state index in [1.807, 2.05) is 50.5 Å². The van der Waals surface area contributed by atoms with Crippen LogP contribution < -0.4 is 35.5 Å². The molecular formula is C75H89N5O10. The quantitative estimate of drug-likeness (QED) is 0.0146. The van der Waals surface area contributed by atoms with Gasteiger partial charge in [-0.15, -0.1) is 0 Å². The van der Waals surface area contributed by atoms with Gasteiger partial charge in [0.1, 0.15) is 41.1 Å². The molecule has 2 aliphatic carbocycles. The van der Waals surface area contributed by atoms with E-state index in [1.165, 1.54) is 16.7 Å². The summed E-state index contributed by atoms with van der Waals surface area (Å²) < 4.78 is 29.2. The van der Waals surface area contributed by atoms with Gasteiger partial charge in [-0.3, -0.25) is 10.6 Å². The van der Waals surface area contributed by atoms with Gasteiger partial charge in [-0.1, -0.05) is 92.4 Å². The number of hydrogen-bond donors (Lipinski definition) is 11. The van der Waals surface area contributed by atoms with Crippen molar-refractivity contribution in [3.05, 3.63) is 176 Å². The number of rotatable bonds is 25. The van der Waals surface area contributed by atoms with Crippen LogP contribution in [-0.4, -0.2) is 125 Å². The van der Waals surface area contributed by atoms with Gasteiger partial charge in [-0.2, -0.15) is 0 Å². The van der Waals surface area contributed by atoms with E-state index < -0.39 is 35.6 Å². The van der Waals surface area contributed by atoms with Crippen LogP contribution in [0.25, 0.3) is 28.1 Å². The lowest BCUT2D eigenvalue weighted by atomic mass is 9.62. The van der Waals surface area contributed by atoms with Crippen molar-refractivity contribution in [3.8, 4) is 51.7 Å². The Bertz CT molecular complexity index is 3770. The van der Waals surface area contributed by atoms with Crippen LogP contribution in [0, 0.1) is 17.8 Å². The van der Waals surface area contributed by atoms with Gasteiger partial charge in [0.2, 0.25) is 0 Å². The van der Waals surface area contributed by atoms with Crippen LogP contribution in [0.15, 0.2) is 115 Å². The third kappa shape index (κ3) is 13.0. The predicted molar refractivity (Wildman–Crippen MR) is 352 cm³/mol. The molecule has 2 bridgehead atoms. The molecule has 11 N–H and O–H groups in total. The molecule has 0 radical (unpaired) electrons. The lowest BCUT2D eigenvalue weighted by molar-refractivity contribution is -0.141. The summed E-state index contributed by atoms with van der Waals surface area (Å²) in [5.41, 5.74) is 12.5. The van der Waals surface area contributed by atoms with Gasteiger partial charge in [0.25, 0.3) is 0 Å². The molecule has 0 amide bonds. The van der Waals surface area contributed by atoms with Crippen molar-refractivity contribution in [1.82, 2.24) is 26.3 Å². The molecule has 90 heavy (non-hydrogen) atoms. The van der Waals surface area contributed by atoms with E-state index >= 15 is 0 Å². The van der Waals surface area contributed by atoms with Gasteiger partial charge in [0, 0.05) is 79.1 Å². The molecule has 1 aromatic heterocycles. The van der Waals surface area contributed by atoms with E-state index in [-0.39, 0.29) is 81.1 Å². The number of ether oxygens (including phenoxy) is 4. The molecule has 15 nitrogen and oxygen atoms in total. The number of aliphatic hydroxyl groups excluding tert-OH is 3. The summed E-state index contributed by atoms with van der Waals surface area (Å²) in [5, 5.41) is 83.4. The van der Waals surface area contributed by atoms with E-state index in [2.05, 4.69) is 131 Å². The third-order valence-corrected chi connectivity index (χ3v) is 19.1. The second-order valence-electron chi connectivity index (χ2n) is 26.2. The molecule has 0 spiro atoms. The molecule has 5 aliphatic rings. The van der Waals surface area contributed by atoms with Crippen LogP contribution in [-0.2, 0) is 49.7 Å². The number of phenolic OH excluding ortho intramolecular Hbond substituents is 2. The number of aromatic hydroxyl groups is 2. The SMILES string of the molecule is CNCOC12Cc3c4c(c5c(c3OC1c1cc(CCc3ccccc3CCCO)c(O)c(c1)OC(CO)CC#CC2NCNCC(C)(O)CC(C)C)CCC(CO)O5)-c1ccc(O)c2c1C(C4)C(c1ccc3[nH]ccc3c1)C(CNCCCc1ccccc1)=C2. The zero-order valence-electron chi connectivity index (χ0n) is 52.5. The lowest BCUT2D eigenvalue weighted by Crippen LogP contribution is -2.62. The first-order chi connectivity index (χ1) is 43.8. The van der Waals surface area contributed by atoms with Gasteiger partial charge in [0.15, 0.2) is 17.6 Å². The van der Waals surface area contributed by atoms with Crippen molar-refractivity contribution in [2.75, 3.05) is 59.9 Å². The standard InChI is InChI=1S/C75H89N5O10/c1-46(2)38-74(3,86)43-78-44-80-66-20-10-19-55(41-82)88-65-36-53(34-52(70(65)85)22-21-49-17-9-8-16-48(49)18-12-32-81)73-75(66,87-45-76-4)39-62-59-37-61-67(51-23-27-63-50(33-51)29-31-79-63)54(40-77-30-11-15-47-13-6-5-7-14-47)35-60-64(84)28-26-57(68(60)61)69(59)72-58(71(62)90-73)25-24-56(42-83)89-72/h5-9,13-14,16-17,23,26-29,31,33-36,46,55-56,61,66-67,73,76-86H,11-12,15,18-19,21-22,24-25,30,32,37-45H2,1-4H3. The van der Waals surface area contributed by atoms with E-state index in [0.717, 1.165) is 80.4 Å². The average molecular weight is 1220 g/mol. The normalized spacial score (nSPS) is 22.0. The fourth-order valence-electron chi connectivity index (χ4n) is 15.1. The largest absolute Gasteiger partial charge is 0.507 e. The monoisotopic (exact) mass is 1220 g/mol. The minimum Gasteiger partial charge on any atom is -0.507 e. The molecule has 474 valence electrons. The summed E-state index contributed by atoms with van der Waals surface area (Å²) in [6, 6.07) is 34.6. The van der Waals surface area contributed by atoms with Gasteiger partial charge in [-0.05, 0) is 200 Å². The van der Waals surface area contributed by atoms with E-state index in [0.29, 0.717) is 87.1 Å². The summed E-state index contributed by atoms with van der Waals surface area (Å²) in [6.45, 7) is 7.66. The Balaban J connectivity index is 1.04. The smallest absolute Gasteiger partial charge is 0.162 e. The Hall–Kier alpha value is -7.20. The topological polar surface area (TPSA) is 222 Å². The first-order valence-corrected chi connectivity index (χ1v) is 32.6. The molecule has 6 aromatic carbocycles. The predicted octanol–water partition coefficient (Wildman–Crippen LogP) is 9.74. The molecule has 15 heteroatoms. The van der Waals surface area contributed by atoms with Crippen molar-refractivity contribution in [2.45, 2.75) is 145 Å². The van der Waals surface area contributed by atoms with Gasteiger partial charge < -0.3 is 65.2 Å². The number of nitrogens with one attached hydrogen (secondary N) is 5. The average Bonchev–Trinajstić information content (AvgIpc) is 0.712. The highest BCUT2D eigenvalue weighted by Gasteiger charge is 2.55. The molecule has 12 rings (SSSR count). The minimum atomic E-state index is -1.35. The third-order valence-electron chi connectivity index (χ3n) is 19.1. The van der Waals surface area contributed by atoms with Crippen LogP contribution in [0.3, 0.4) is 0 Å². The molecule has 0 saturated carbocycles. The summed E-state index contributed by atoms with van der Waals surface area (Å²) in [7, 11) is 1.85. The first kappa shape index (κ1) is 63.0. The lowest BCUT2D eigenvalue weighted by Gasteiger charge is -2.50. The number of aliphatic hydroxyl groups is 4. The highest BCUT2D eigenvalue weighted by molar-refractivity contribution is 5.90. The van der Waals surface area contributed by atoms with E-state index in [4.69, 9.17) is 18.9 Å². The summed E-state index contributed by atoms with van der Waals surface area (Å²) in [4.78, 5) is 3.41. The molecule has 0 fully saturated rings. The number of aryl methyl sites for hydroxylation is 4. The van der Waals surface area contributed by atoms with Crippen LogP contribution in [0.2, 0.25) is 0 Å². The number of phenols is 2. The van der Waals surface area contributed by atoms with Gasteiger partial charge in [-0.25, -0.2) is 0 Å². The Morgan fingerprint density at radius 3 is 2.39 bits per heavy atom. The highest BCUT2D eigenvalue weighted by atomic mass is 16.6. The number of H-pyrrole nitrogens is 1.